The minimum Gasteiger partial charge on any atom is -0.495 e. The highest BCUT2D eigenvalue weighted by molar-refractivity contribution is 5.91. The Morgan fingerprint density at radius 1 is 1.13 bits per heavy atom. The van der Waals surface area contributed by atoms with Crippen LogP contribution in [0.15, 0.2) is 48.7 Å². The Hall–Kier alpha value is -3.72. The molecule has 1 aromatic carbocycles. The van der Waals surface area contributed by atoms with Gasteiger partial charge >= 0.3 is 5.97 Å². The summed E-state index contributed by atoms with van der Waals surface area (Å²) in [5.74, 6) is 0.847. The van der Waals surface area contributed by atoms with E-state index in [0.29, 0.717) is 40.2 Å². The zero-order chi connectivity index (χ0) is 21.5. The molecule has 0 aliphatic heterocycles. The van der Waals surface area contributed by atoms with Crippen molar-refractivity contribution >= 4 is 23.4 Å². The highest BCUT2D eigenvalue weighted by Crippen LogP contribution is 2.30. The first-order valence-electron chi connectivity index (χ1n) is 9.25. The number of rotatable bonds is 8. The number of hydrogen-bond donors (Lipinski definition) is 3. The molecule has 0 saturated carbocycles. The van der Waals surface area contributed by atoms with Crippen molar-refractivity contribution in [3.63, 3.8) is 0 Å². The van der Waals surface area contributed by atoms with Crippen LogP contribution in [0.1, 0.15) is 17.3 Å². The topological polar surface area (TPSA) is 118 Å². The summed E-state index contributed by atoms with van der Waals surface area (Å²) in [6, 6.07) is 11.9. The summed E-state index contributed by atoms with van der Waals surface area (Å²) < 4.78 is 10.2. The van der Waals surface area contributed by atoms with E-state index in [1.807, 2.05) is 25.1 Å². The predicted molar refractivity (Wildman–Crippen MR) is 113 cm³/mol. The molecule has 156 valence electrons. The lowest BCUT2D eigenvalue weighted by Crippen LogP contribution is -2.21. The van der Waals surface area contributed by atoms with E-state index in [9.17, 15) is 9.90 Å². The Balaban J connectivity index is 2.02. The molecule has 0 radical (unpaired) electrons. The van der Waals surface area contributed by atoms with Gasteiger partial charge in [-0.05, 0) is 37.3 Å². The Labute approximate surface area is 174 Å². The Morgan fingerprint density at radius 3 is 2.63 bits per heavy atom. The monoisotopic (exact) mass is 409 g/mol. The average Bonchev–Trinajstić information content (AvgIpc) is 2.78. The van der Waals surface area contributed by atoms with Crippen molar-refractivity contribution in [3.05, 3.63) is 54.2 Å². The number of methoxy groups -OCH3 is 2. The van der Waals surface area contributed by atoms with Gasteiger partial charge in [-0.3, -0.25) is 4.98 Å². The highest BCUT2D eigenvalue weighted by atomic mass is 16.5. The van der Waals surface area contributed by atoms with Crippen molar-refractivity contribution < 1.29 is 19.4 Å². The molecule has 0 amide bonds. The number of pyridine rings is 1. The Morgan fingerprint density at radius 2 is 1.97 bits per heavy atom. The maximum atomic E-state index is 11.9. The predicted octanol–water partition coefficient (Wildman–Crippen LogP) is 2.87. The summed E-state index contributed by atoms with van der Waals surface area (Å²) in [7, 11) is 2.86. The summed E-state index contributed by atoms with van der Waals surface area (Å²) in [4.78, 5) is 25.2. The van der Waals surface area contributed by atoms with Gasteiger partial charge in [0.1, 0.15) is 11.6 Å². The summed E-state index contributed by atoms with van der Waals surface area (Å²) in [5.41, 5.74) is 2.15. The van der Waals surface area contributed by atoms with Gasteiger partial charge in [0, 0.05) is 18.3 Å². The third kappa shape index (κ3) is 5.00. The SMILES string of the molecule is COC(=O)c1ccc(OC)c(Nc2cc(-c3ccccn3)nc(N[C@H](C)CO)n2)c1. The smallest absolute Gasteiger partial charge is 0.337 e. The van der Waals surface area contributed by atoms with Crippen molar-refractivity contribution in [3.8, 4) is 17.1 Å². The van der Waals surface area contributed by atoms with Crippen molar-refractivity contribution in [1.82, 2.24) is 15.0 Å². The number of carbonyl (C=O) groups excluding carboxylic acids is 1. The van der Waals surface area contributed by atoms with Crippen LogP contribution in [0, 0.1) is 0 Å². The minimum atomic E-state index is -0.461. The summed E-state index contributed by atoms with van der Waals surface area (Å²) in [6.45, 7) is 1.74. The molecule has 0 fully saturated rings. The molecular weight excluding hydrogens is 386 g/mol. The van der Waals surface area contributed by atoms with E-state index < -0.39 is 5.97 Å². The molecule has 0 spiro atoms. The van der Waals surface area contributed by atoms with Gasteiger partial charge in [0.25, 0.3) is 0 Å². The molecule has 30 heavy (non-hydrogen) atoms. The fourth-order valence-corrected chi connectivity index (χ4v) is 2.68. The average molecular weight is 409 g/mol. The van der Waals surface area contributed by atoms with Crippen LogP contribution in [-0.4, -0.2) is 52.9 Å². The second kappa shape index (κ2) is 9.66. The van der Waals surface area contributed by atoms with Gasteiger partial charge in [0.2, 0.25) is 5.95 Å². The number of aliphatic hydroxyl groups excluding tert-OH is 1. The van der Waals surface area contributed by atoms with E-state index in [4.69, 9.17) is 9.47 Å². The summed E-state index contributed by atoms with van der Waals surface area (Å²) >= 11 is 0. The minimum absolute atomic E-state index is 0.0745. The maximum Gasteiger partial charge on any atom is 0.337 e. The van der Waals surface area contributed by atoms with E-state index >= 15 is 0 Å². The lowest BCUT2D eigenvalue weighted by atomic mass is 10.2. The van der Waals surface area contributed by atoms with Crippen molar-refractivity contribution in [1.29, 1.82) is 0 Å². The van der Waals surface area contributed by atoms with Crippen LogP contribution in [-0.2, 0) is 4.74 Å². The van der Waals surface area contributed by atoms with Gasteiger partial charge < -0.3 is 25.2 Å². The van der Waals surface area contributed by atoms with Gasteiger partial charge in [-0.15, -0.1) is 0 Å². The van der Waals surface area contributed by atoms with Gasteiger partial charge in [-0.1, -0.05) is 6.07 Å². The van der Waals surface area contributed by atoms with E-state index in [-0.39, 0.29) is 12.6 Å². The highest BCUT2D eigenvalue weighted by Gasteiger charge is 2.14. The summed E-state index contributed by atoms with van der Waals surface area (Å²) in [5, 5.41) is 15.6. The van der Waals surface area contributed by atoms with Crippen molar-refractivity contribution in [2.45, 2.75) is 13.0 Å². The Kier molecular flexibility index (Phi) is 6.76. The molecule has 2 heterocycles. The molecule has 0 saturated heterocycles. The molecule has 0 unspecified atom stereocenters. The molecule has 3 N–H and O–H groups in total. The second-order valence-corrected chi connectivity index (χ2v) is 6.44. The van der Waals surface area contributed by atoms with Crippen LogP contribution in [0.3, 0.4) is 0 Å². The number of esters is 1. The molecule has 0 bridgehead atoms. The molecule has 0 aliphatic carbocycles. The second-order valence-electron chi connectivity index (χ2n) is 6.44. The zero-order valence-corrected chi connectivity index (χ0v) is 16.9. The fraction of sp³-hybridized carbons (Fsp3) is 0.238. The molecular formula is C21H23N5O4. The number of nitrogens with zero attached hydrogens (tertiary/aromatic N) is 3. The number of nitrogens with one attached hydrogen (secondary N) is 2. The normalized spacial score (nSPS) is 11.5. The lowest BCUT2D eigenvalue weighted by molar-refractivity contribution is 0.0600. The third-order valence-electron chi connectivity index (χ3n) is 4.19. The van der Waals surface area contributed by atoms with E-state index in [1.165, 1.54) is 14.2 Å². The molecule has 9 heteroatoms. The largest absolute Gasteiger partial charge is 0.495 e. The number of carbonyl (C=O) groups is 1. The first-order chi connectivity index (χ1) is 14.5. The molecule has 3 rings (SSSR count). The van der Waals surface area contributed by atoms with Crippen LogP contribution >= 0.6 is 0 Å². The number of ether oxygens (including phenoxy) is 2. The van der Waals surface area contributed by atoms with Gasteiger partial charge in [0.05, 0.1) is 43.5 Å². The standard InChI is InChI=1S/C21H23N5O4/c1-13(12-27)23-21-25-16(15-6-4-5-9-22-15)11-19(26-21)24-17-10-14(20(28)30-3)7-8-18(17)29-2/h4-11,13,27H,12H2,1-3H3,(H2,23,24,25,26)/t13-/m1/s1. The van der Waals surface area contributed by atoms with E-state index in [1.54, 1.807) is 30.5 Å². The number of benzene rings is 1. The van der Waals surface area contributed by atoms with Gasteiger partial charge in [-0.25, -0.2) is 9.78 Å². The van der Waals surface area contributed by atoms with Crippen LogP contribution < -0.4 is 15.4 Å². The lowest BCUT2D eigenvalue weighted by Gasteiger charge is -2.15. The Bertz CT molecular complexity index is 1010. The molecule has 1 atom stereocenters. The molecule has 0 aliphatic rings. The van der Waals surface area contributed by atoms with E-state index in [2.05, 4.69) is 25.6 Å². The molecule has 9 nitrogen and oxygen atoms in total. The number of hydrogen-bond acceptors (Lipinski definition) is 9. The van der Waals surface area contributed by atoms with Crippen LogP contribution in [0.4, 0.5) is 17.5 Å². The van der Waals surface area contributed by atoms with Crippen LogP contribution in [0.2, 0.25) is 0 Å². The van der Waals surface area contributed by atoms with E-state index in [0.717, 1.165) is 0 Å². The molecule has 3 aromatic rings. The fourth-order valence-electron chi connectivity index (χ4n) is 2.68. The van der Waals surface area contributed by atoms with Crippen LogP contribution in [0.25, 0.3) is 11.4 Å². The maximum absolute atomic E-state index is 11.9. The van der Waals surface area contributed by atoms with Crippen molar-refractivity contribution in [2.75, 3.05) is 31.5 Å². The van der Waals surface area contributed by atoms with Crippen molar-refractivity contribution in [2.24, 2.45) is 0 Å². The quantitative estimate of drug-likeness (QED) is 0.483. The number of aliphatic hydroxyl groups is 1. The van der Waals surface area contributed by atoms with Crippen LogP contribution in [0.5, 0.6) is 5.75 Å². The molecule has 2 aromatic heterocycles. The van der Waals surface area contributed by atoms with Gasteiger partial charge in [-0.2, -0.15) is 4.98 Å². The summed E-state index contributed by atoms with van der Waals surface area (Å²) in [6.07, 6.45) is 1.68. The number of aromatic nitrogens is 3. The third-order valence-corrected chi connectivity index (χ3v) is 4.19. The number of anilines is 3. The zero-order valence-electron chi connectivity index (χ0n) is 16.9. The first-order valence-corrected chi connectivity index (χ1v) is 9.25. The first kappa shape index (κ1) is 21.0. The van der Waals surface area contributed by atoms with Gasteiger partial charge in [0.15, 0.2) is 0 Å².